The average Bonchev–Trinajstić information content (AvgIpc) is 2.57. The second-order valence-corrected chi connectivity index (χ2v) is 5.52. The summed E-state index contributed by atoms with van der Waals surface area (Å²) in [6, 6.07) is 24.1. The molecule has 0 spiro atoms. The van der Waals surface area contributed by atoms with Crippen molar-refractivity contribution in [1.82, 2.24) is 0 Å². The zero-order valence-corrected chi connectivity index (χ0v) is 13.1. The van der Waals surface area contributed by atoms with Crippen molar-refractivity contribution >= 4 is 17.3 Å². The number of nitrogens with zero attached hydrogens (tertiary/aromatic N) is 1. The Morgan fingerprint density at radius 2 is 1.61 bits per heavy atom. The first-order valence-electron chi connectivity index (χ1n) is 7.25. The predicted octanol–water partition coefficient (Wildman–Crippen LogP) is 5.05. The Hall–Kier alpha value is -2.65. The summed E-state index contributed by atoms with van der Waals surface area (Å²) in [4.78, 5) is 5.98. The summed E-state index contributed by atoms with van der Waals surface area (Å²) < 4.78 is 0. The maximum Gasteiger partial charge on any atom is 0.155 e. The molecule has 3 nitrogen and oxygen atoms in total. The van der Waals surface area contributed by atoms with Crippen LogP contribution in [-0.2, 0) is 6.54 Å². The van der Waals surface area contributed by atoms with Gasteiger partial charge in [-0.1, -0.05) is 48.0 Å². The molecule has 0 aliphatic heterocycles. The lowest BCUT2D eigenvalue weighted by molar-refractivity contribution is 0.274. The molecule has 0 bridgehead atoms. The number of hydrogen-bond donors (Lipinski definition) is 1. The molecular weight excluding hydrogens is 310 g/mol. The van der Waals surface area contributed by atoms with E-state index >= 15 is 0 Å². The van der Waals surface area contributed by atoms with Crippen LogP contribution in [0.25, 0.3) is 0 Å². The molecule has 0 aliphatic carbocycles. The lowest BCUT2D eigenvalue weighted by atomic mass is 10.2. The third kappa shape index (κ3) is 4.18. The summed E-state index contributed by atoms with van der Waals surface area (Å²) in [6.07, 6.45) is 0. The van der Waals surface area contributed by atoms with Gasteiger partial charge in [0.15, 0.2) is 5.75 Å². The standard InChI is InChI=1S/C19H16ClNO2/c20-16-9-11-19(12-10-16)23-21(14-15-5-2-1-3-6-15)17-7-4-8-18(22)13-17/h1-13,22H,14H2. The zero-order valence-electron chi connectivity index (χ0n) is 12.4. The Morgan fingerprint density at radius 3 is 2.30 bits per heavy atom. The molecule has 0 aliphatic rings. The van der Waals surface area contributed by atoms with Crippen molar-refractivity contribution in [2.75, 3.05) is 5.06 Å². The first-order valence-corrected chi connectivity index (χ1v) is 7.62. The quantitative estimate of drug-likeness (QED) is 0.666. The maximum absolute atomic E-state index is 9.73. The van der Waals surface area contributed by atoms with Crippen LogP contribution in [-0.4, -0.2) is 5.11 Å². The minimum absolute atomic E-state index is 0.195. The number of phenols is 1. The topological polar surface area (TPSA) is 32.7 Å². The lowest BCUT2D eigenvalue weighted by Gasteiger charge is -2.25. The molecule has 0 amide bonds. The third-order valence-electron chi connectivity index (χ3n) is 3.32. The monoisotopic (exact) mass is 325 g/mol. The van der Waals surface area contributed by atoms with E-state index in [0.29, 0.717) is 17.3 Å². The smallest absolute Gasteiger partial charge is 0.155 e. The summed E-state index contributed by atoms with van der Waals surface area (Å²) in [7, 11) is 0. The van der Waals surface area contributed by atoms with Gasteiger partial charge in [0.2, 0.25) is 0 Å². The molecule has 3 rings (SSSR count). The van der Waals surface area contributed by atoms with E-state index in [0.717, 1.165) is 11.3 Å². The van der Waals surface area contributed by atoms with Crippen LogP contribution in [0.4, 0.5) is 5.69 Å². The van der Waals surface area contributed by atoms with Crippen LogP contribution in [0, 0.1) is 0 Å². The number of halogens is 1. The molecule has 0 saturated heterocycles. The van der Waals surface area contributed by atoms with Crippen molar-refractivity contribution in [3.63, 3.8) is 0 Å². The van der Waals surface area contributed by atoms with Crippen molar-refractivity contribution in [3.8, 4) is 11.5 Å². The summed E-state index contributed by atoms with van der Waals surface area (Å²) >= 11 is 5.91. The molecule has 1 N–H and O–H groups in total. The van der Waals surface area contributed by atoms with Gasteiger partial charge in [0.05, 0.1) is 12.2 Å². The Bertz CT molecular complexity index is 760. The van der Waals surface area contributed by atoms with Crippen molar-refractivity contribution in [2.45, 2.75) is 6.54 Å². The molecule has 116 valence electrons. The van der Waals surface area contributed by atoms with E-state index in [4.69, 9.17) is 16.4 Å². The van der Waals surface area contributed by atoms with E-state index in [2.05, 4.69) is 0 Å². The van der Waals surface area contributed by atoms with Gasteiger partial charge in [-0.25, -0.2) is 5.06 Å². The Kier molecular flexibility index (Phi) is 4.69. The second-order valence-electron chi connectivity index (χ2n) is 5.09. The van der Waals surface area contributed by atoms with E-state index in [1.165, 1.54) is 0 Å². The summed E-state index contributed by atoms with van der Waals surface area (Å²) in [5.74, 6) is 0.869. The number of phenolic OH excluding ortho intramolecular Hbond substituents is 1. The third-order valence-corrected chi connectivity index (χ3v) is 3.57. The first-order chi connectivity index (χ1) is 11.2. The van der Waals surface area contributed by atoms with Gasteiger partial charge in [0.1, 0.15) is 5.75 Å². The number of hydroxylamine groups is 1. The summed E-state index contributed by atoms with van der Waals surface area (Å²) in [5.41, 5.74) is 1.87. The van der Waals surface area contributed by atoms with Gasteiger partial charge in [-0.15, -0.1) is 0 Å². The Balaban J connectivity index is 1.87. The van der Waals surface area contributed by atoms with E-state index in [1.54, 1.807) is 35.4 Å². The van der Waals surface area contributed by atoms with Crippen molar-refractivity contribution in [1.29, 1.82) is 0 Å². The Labute approximate surface area is 140 Å². The zero-order chi connectivity index (χ0) is 16.1. The average molecular weight is 326 g/mol. The van der Waals surface area contributed by atoms with Gasteiger partial charge < -0.3 is 9.94 Å². The molecule has 0 atom stereocenters. The predicted molar refractivity (Wildman–Crippen MR) is 92.8 cm³/mol. The summed E-state index contributed by atoms with van der Waals surface area (Å²) in [5, 5.41) is 12.1. The van der Waals surface area contributed by atoms with E-state index in [1.807, 2.05) is 48.5 Å². The highest BCUT2D eigenvalue weighted by atomic mass is 35.5. The van der Waals surface area contributed by atoms with Gasteiger partial charge in [-0.2, -0.15) is 0 Å². The molecule has 0 fully saturated rings. The molecule has 3 aromatic rings. The fourth-order valence-corrected chi connectivity index (χ4v) is 2.32. The van der Waals surface area contributed by atoms with Crippen LogP contribution in [0.3, 0.4) is 0 Å². The lowest BCUT2D eigenvalue weighted by Crippen LogP contribution is -2.26. The van der Waals surface area contributed by atoms with E-state index in [-0.39, 0.29) is 5.75 Å². The normalized spacial score (nSPS) is 10.3. The highest BCUT2D eigenvalue weighted by Gasteiger charge is 2.11. The minimum atomic E-state index is 0.195. The van der Waals surface area contributed by atoms with Crippen LogP contribution in [0.15, 0.2) is 78.9 Å². The number of aromatic hydroxyl groups is 1. The van der Waals surface area contributed by atoms with Gasteiger partial charge >= 0.3 is 0 Å². The maximum atomic E-state index is 9.73. The fraction of sp³-hybridized carbons (Fsp3) is 0.0526. The number of benzene rings is 3. The number of anilines is 1. The second kappa shape index (κ2) is 7.07. The SMILES string of the molecule is Oc1cccc(N(Cc2ccccc2)Oc2ccc(Cl)cc2)c1. The van der Waals surface area contributed by atoms with Crippen LogP contribution in [0.2, 0.25) is 5.02 Å². The van der Waals surface area contributed by atoms with Crippen molar-refractivity contribution in [2.24, 2.45) is 0 Å². The minimum Gasteiger partial charge on any atom is -0.508 e. The van der Waals surface area contributed by atoms with Gasteiger partial charge in [0, 0.05) is 11.1 Å². The van der Waals surface area contributed by atoms with Crippen LogP contribution >= 0.6 is 11.6 Å². The van der Waals surface area contributed by atoms with E-state index in [9.17, 15) is 5.11 Å². The van der Waals surface area contributed by atoms with E-state index < -0.39 is 0 Å². The molecule has 0 saturated carbocycles. The molecule has 4 heteroatoms. The van der Waals surface area contributed by atoms with Gasteiger partial charge in [0.25, 0.3) is 0 Å². The summed E-state index contributed by atoms with van der Waals surface area (Å²) in [6.45, 7) is 0.549. The number of hydrogen-bond acceptors (Lipinski definition) is 3. The van der Waals surface area contributed by atoms with Crippen LogP contribution < -0.4 is 9.90 Å². The van der Waals surface area contributed by atoms with Crippen LogP contribution in [0.5, 0.6) is 11.5 Å². The molecule has 0 radical (unpaired) electrons. The molecular formula is C19H16ClNO2. The largest absolute Gasteiger partial charge is 0.508 e. The highest BCUT2D eigenvalue weighted by molar-refractivity contribution is 6.30. The van der Waals surface area contributed by atoms with Gasteiger partial charge in [-0.05, 0) is 42.0 Å². The molecule has 0 aromatic heterocycles. The first kappa shape index (κ1) is 15.3. The van der Waals surface area contributed by atoms with Crippen molar-refractivity contribution < 1.29 is 9.94 Å². The Morgan fingerprint density at radius 1 is 0.870 bits per heavy atom. The number of rotatable bonds is 5. The van der Waals surface area contributed by atoms with Gasteiger partial charge in [-0.3, -0.25) is 0 Å². The molecule has 0 heterocycles. The highest BCUT2D eigenvalue weighted by Crippen LogP contribution is 2.25. The molecule has 23 heavy (non-hydrogen) atoms. The van der Waals surface area contributed by atoms with Crippen molar-refractivity contribution in [3.05, 3.63) is 89.4 Å². The molecule has 3 aromatic carbocycles. The molecule has 0 unspecified atom stereocenters. The fourth-order valence-electron chi connectivity index (χ4n) is 2.20. The van der Waals surface area contributed by atoms with Crippen LogP contribution in [0.1, 0.15) is 5.56 Å².